The molecule has 0 fully saturated rings. The van der Waals surface area contributed by atoms with Gasteiger partial charge in [0.05, 0.1) is 0 Å². The topological polar surface area (TPSA) is 47.6 Å². The molecule has 1 aromatic carbocycles. The third-order valence-corrected chi connectivity index (χ3v) is 2.85. The van der Waals surface area contributed by atoms with Crippen molar-refractivity contribution in [2.24, 2.45) is 10.7 Å². The average molecular weight is 218 g/mol. The number of hydrogen-bond donors (Lipinski definition) is 1. The highest BCUT2D eigenvalue weighted by atomic mass is 16.5. The maximum atomic E-state index is 5.57. The Kier molecular flexibility index (Phi) is 3.57. The molecule has 0 aliphatic carbocycles. The zero-order chi connectivity index (χ0) is 11.4. The van der Waals surface area contributed by atoms with Crippen molar-refractivity contribution in [3.8, 4) is 0 Å². The molecule has 1 aliphatic rings. The molecular weight excluding hydrogens is 200 g/mol. The van der Waals surface area contributed by atoms with E-state index in [1.165, 1.54) is 11.1 Å². The molecule has 0 radical (unpaired) electrons. The molecule has 2 N–H and O–H groups in total. The van der Waals surface area contributed by atoms with Gasteiger partial charge in [-0.3, -0.25) is 0 Å². The number of rotatable bonds is 4. The van der Waals surface area contributed by atoms with E-state index < -0.39 is 0 Å². The van der Waals surface area contributed by atoms with Gasteiger partial charge in [-0.2, -0.15) is 0 Å². The number of aryl methyl sites for hydroxylation is 1. The van der Waals surface area contributed by atoms with Crippen LogP contribution in [0.5, 0.6) is 0 Å². The summed E-state index contributed by atoms with van der Waals surface area (Å²) >= 11 is 0. The Morgan fingerprint density at radius 1 is 1.44 bits per heavy atom. The largest absolute Gasteiger partial charge is 0.478 e. The average Bonchev–Trinajstić information content (AvgIpc) is 2.75. The summed E-state index contributed by atoms with van der Waals surface area (Å²) in [5.74, 6) is 0.860. The first-order valence-corrected chi connectivity index (χ1v) is 5.76. The quantitative estimate of drug-likeness (QED) is 0.842. The highest BCUT2D eigenvalue weighted by Crippen LogP contribution is 2.26. The maximum absolute atomic E-state index is 5.57. The number of aliphatic imine (C=N–C) groups is 1. The van der Waals surface area contributed by atoms with Crippen molar-refractivity contribution in [1.29, 1.82) is 0 Å². The third kappa shape index (κ3) is 2.42. The summed E-state index contributed by atoms with van der Waals surface area (Å²) in [6.07, 6.45) is 1.80. The lowest BCUT2D eigenvalue weighted by Crippen LogP contribution is -2.04. The summed E-state index contributed by atoms with van der Waals surface area (Å²) in [7, 11) is 0. The van der Waals surface area contributed by atoms with Crippen LogP contribution in [0.4, 0.5) is 0 Å². The Morgan fingerprint density at radius 2 is 2.25 bits per heavy atom. The number of hydrogen-bond acceptors (Lipinski definition) is 3. The lowest BCUT2D eigenvalue weighted by molar-refractivity contribution is 0.311. The summed E-state index contributed by atoms with van der Waals surface area (Å²) in [5.41, 5.74) is 8.01. The second-order valence-electron chi connectivity index (χ2n) is 4.10. The first-order chi connectivity index (χ1) is 7.81. The minimum atomic E-state index is 0.175. The van der Waals surface area contributed by atoms with E-state index in [4.69, 9.17) is 10.5 Å². The van der Waals surface area contributed by atoms with Gasteiger partial charge in [0.25, 0.3) is 0 Å². The molecule has 0 spiro atoms. The van der Waals surface area contributed by atoms with Crippen molar-refractivity contribution >= 4 is 5.90 Å². The fraction of sp³-hybridized carbons (Fsp3) is 0.462. The van der Waals surface area contributed by atoms with Crippen molar-refractivity contribution in [1.82, 2.24) is 0 Å². The van der Waals surface area contributed by atoms with Gasteiger partial charge in [0.15, 0.2) is 5.90 Å². The Labute approximate surface area is 96.3 Å². The number of nitrogens with zero attached hydrogens (tertiary/aromatic N) is 1. The minimum absolute atomic E-state index is 0.175. The highest BCUT2D eigenvalue weighted by Gasteiger charge is 2.20. The van der Waals surface area contributed by atoms with E-state index in [0.717, 1.165) is 18.7 Å². The van der Waals surface area contributed by atoms with Crippen LogP contribution in [0.3, 0.4) is 0 Å². The molecule has 3 heteroatoms. The summed E-state index contributed by atoms with van der Waals surface area (Å²) < 4.78 is 5.57. The van der Waals surface area contributed by atoms with Gasteiger partial charge in [0, 0.05) is 6.42 Å². The van der Waals surface area contributed by atoms with Gasteiger partial charge in [0.1, 0.15) is 12.6 Å². The first kappa shape index (κ1) is 11.1. The van der Waals surface area contributed by atoms with Gasteiger partial charge in [-0.25, -0.2) is 4.99 Å². The zero-order valence-electron chi connectivity index (χ0n) is 9.65. The van der Waals surface area contributed by atoms with Gasteiger partial charge in [0.2, 0.25) is 0 Å². The van der Waals surface area contributed by atoms with E-state index in [2.05, 4.69) is 30.1 Å². The van der Waals surface area contributed by atoms with Crippen LogP contribution in [0.15, 0.2) is 29.3 Å². The smallest absolute Gasteiger partial charge is 0.184 e. The molecular formula is C13H18N2O. The van der Waals surface area contributed by atoms with E-state index in [1.807, 2.05) is 6.07 Å². The second-order valence-corrected chi connectivity index (χ2v) is 4.10. The van der Waals surface area contributed by atoms with Crippen molar-refractivity contribution in [2.75, 3.05) is 13.2 Å². The SMILES string of the molecule is Cc1ccccc1C1COC(CCCN)=N1. The molecule has 3 nitrogen and oxygen atoms in total. The molecule has 0 bridgehead atoms. The van der Waals surface area contributed by atoms with E-state index in [-0.39, 0.29) is 6.04 Å². The molecule has 0 saturated heterocycles. The van der Waals surface area contributed by atoms with Crippen LogP contribution in [0, 0.1) is 6.92 Å². The number of nitrogens with two attached hydrogens (primary N) is 1. The molecule has 2 rings (SSSR count). The Morgan fingerprint density at radius 3 is 3.00 bits per heavy atom. The first-order valence-electron chi connectivity index (χ1n) is 5.76. The normalized spacial score (nSPS) is 19.4. The maximum Gasteiger partial charge on any atom is 0.184 e. The van der Waals surface area contributed by atoms with Gasteiger partial charge >= 0.3 is 0 Å². The van der Waals surface area contributed by atoms with Crippen molar-refractivity contribution in [3.05, 3.63) is 35.4 Å². The summed E-state index contributed by atoms with van der Waals surface area (Å²) in [5, 5.41) is 0. The predicted octanol–water partition coefficient (Wildman–Crippen LogP) is 2.20. The van der Waals surface area contributed by atoms with Crippen molar-refractivity contribution in [2.45, 2.75) is 25.8 Å². The fourth-order valence-corrected chi connectivity index (χ4v) is 1.93. The molecule has 1 heterocycles. The molecule has 1 aliphatic heterocycles. The Bertz CT molecular complexity index is 387. The van der Waals surface area contributed by atoms with E-state index in [1.54, 1.807) is 0 Å². The molecule has 0 amide bonds. The zero-order valence-corrected chi connectivity index (χ0v) is 9.65. The standard InChI is InChI=1S/C13H18N2O/c1-10-5-2-3-6-11(10)12-9-16-13(15-12)7-4-8-14/h2-3,5-6,12H,4,7-9,14H2,1H3. The van der Waals surface area contributed by atoms with Gasteiger partial charge in [-0.15, -0.1) is 0 Å². The lowest BCUT2D eigenvalue weighted by Gasteiger charge is -2.08. The molecule has 0 aromatic heterocycles. The predicted molar refractivity (Wildman–Crippen MR) is 65.6 cm³/mol. The summed E-state index contributed by atoms with van der Waals surface area (Å²) in [6, 6.07) is 8.51. The van der Waals surface area contributed by atoms with E-state index in [0.29, 0.717) is 13.2 Å². The van der Waals surface area contributed by atoms with Crippen LogP contribution in [-0.2, 0) is 4.74 Å². The molecule has 86 valence electrons. The highest BCUT2D eigenvalue weighted by molar-refractivity contribution is 5.77. The number of ether oxygens (including phenoxy) is 1. The Balaban J connectivity index is 2.07. The molecule has 1 atom stereocenters. The molecule has 1 aromatic rings. The van der Waals surface area contributed by atoms with E-state index in [9.17, 15) is 0 Å². The van der Waals surface area contributed by atoms with Crippen LogP contribution >= 0.6 is 0 Å². The fourth-order valence-electron chi connectivity index (χ4n) is 1.93. The Hall–Kier alpha value is -1.35. The second kappa shape index (κ2) is 5.12. The third-order valence-electron chi connectivity index (χ3n) is 2.85. The monoisotopic (exact) mass is 218 g/mol. The van der Waals surface area contributed by atoms with Crippen molar-refractivity contribution in [3.63, 3.8) is 0 Å². The number of benzene rings is 1. The molecule has 16 heavy (non-hydrogen) atoms. The minimum Gasteiger partial charge on any atom is -0.478 e. The van der Waals surface area contributed by atoms with Crippen LogP contribution in [0.2, 0.25) is 0 Å². The molecule has 1 unspecified atom stereocenters. The van der Waals surface area contributed by atoms with Gasteiger partial charge < -0.3 is 10.5 Å². The molecule has 0 saturated carbocycles. The lowest BCUT2D eigenvalue weighted by atomic mass is 10.0. The summed E-state index contributed by atoms with van der Waals surface area (Å²) in [4.78, 5) is 4.60. The van der Waals surface area contributed by atoms with Gasteiger partial charge in [-0.05, 0) is 31.0 Å². The van der Waals surface area contributed by atoms with Crippen LogP contribution in [-0.4, -0.2) is 19.0 Å². The van der Waals surface area contributed by atoms with Gasteiger partial charge in [-0.1, -0.05) is 24.3 Å². The van der Waals surface area contributed by atoms with Crippen LogP contribution in [0.1, 0.15) is 30.0 Å². The van der Waals surface area contributed by atoms with E-state index >= 15 is 0 Å². The van der Waals surface area contributed by atoms with Crippen LogP contribution in [0.25, 0.3) is 0 Å². The van der Waals surface area contributed by atoms with Crippen molar-refractivity contribution < 1.29 is 4.74 Å². The van der Waals surface area contributed by atoms with Crippen LogP contribution < -0.4 is 5.73 Å². The summed E-state index contributed by atoms with van der Waals surface area (Å²) in [6.45, 7) is 3.48.